The summed E-state index contributed by atoms with van der Waals surface area (Å²) in [5.74, 6) is 1.56. The Morgan fingerprint density at radius 3 is 2.60 bits per heavy atom. The summed E-state index contributed by atoms with van der Waals surface area (Å²) in [6, 6.07) is 4.37. The maximum atomic E-state index is 5.71. The van der Waals surface area contributed by atoms with Crippen molar-refractivity contribution in [1.29, 1.82) is 0 Å². The van der Waals surface area contributed by atoms with Crippen molar-refractivity contribution in [2.45, 2.75) is 33.2 Å². The molecule has 0 aliphatic rings. The van der Waals surface area contributed by atoms with Crippen LogP contribution in [-0.4, -0.2) is 17.6 Å². The number of aryl methyl sites for hydroxylation is 1. The Bertz CT molecular complexity index is 279. The van der Waals surface area contributed by atoms with Crippen molar-refractivity contribution in [2.75, 3.05) is 11.9 Å². The quantitative estimate of drug-likeness (QED) is 0.778. The van der Waals surface area contributed by atoms with E-state index in [4.69, 9.17) is 5.73 Å². The molecule has 1 rings (SSSR count). The zero-order valence-corrected chi connectivity index (χ0v) is 9.83. The summed E-state index contributed by atoms with van der Waals surface area (Å²) in [5, 5.41) is 3.35. The maximum Gasteiger partial charge on any atom is 0.126 e. The second-order valence-electron chi connectivity index (χ2n) is 4.43. The van der Waals surface area contributed by atoms with E-state index in [2.05, 4.69) is 30.2 Å². The lowest BCUT2D eigenvalue weighted by molar-refractivity contribution is 0.521. The Morgan fingerprint density at radius 1 is 1.40 bits per heavy atom. The zero-order valence-electron chi connectivity index (χ0n) is 9.83. The van der Waals surface area contributed by atoms with E-state index in [9.17, 15) is 0 Å². The predicted octanol–water partition coefficient (Wildman–Crippen LogP) is 2.18. The predicted molar refractivity (Wildman–Crippen MR) is 64.9 cm³/mol. The van der Waals surface area contributed by atoms with Crippen molar-refractivity contribution in [3.8, 4) is 0 Å². The second-order valence-corrected chi connectivity index (χ2v) is 4.43. The van der Waals surface area contributed by atoms with Gasteiger partial charge in [-0.1, -0.05) is 19.9 Å². The molecule has 0 saturated carbocycles. The minimum absolute atomic E-state index is 0.320. The molecule has 0 radical (unpaired) electrons. The molecule has 3 heteroatoms. The number of rotatable bonds is 5. The summed E-state index contributed by atoms with van der Waals surface area (Å²) in [6.45, 7) is 7.08. The van der Waals surface area contributed by atoms with Crippen molar-refractivity contribution < 1.29 is 0 Å². The first kappa shape index (κ1) is 12.0. The third-order valence-corrected chi connectivity index (χ3v) is 2.30. The van der Waals surface area contributed by atoms with Crippen LogP contribution in [0.2, 0.25) is 0 Å². The van der Waals surface area contributed by atoms with E-state index in [1.165, 1.54) is 5.56 Å². The van der Waals surface area contributed by atoms with Gasteiger partial charge in [0.05, 0.1) is 0 Å². The monoisotopic (exact) mass is 207 g/mol. The highest BCUT2D eigenvalue weighted by molar-refractivity contribution is 5.36. The van der Waals surface area contributed by atoms with Crippen LogP contribution >= 0.6 is 0 Å². The summed E-state index contributed by atoms with van der Waals surface area (Å²) in [7, 11) is 0. The van der Waals surface area contributed by atoms with Gasteiger partial charge in [-0.15, -0.1) is 0 Å². The van der Waals surface area contributed by atoms with Gasteiger partial charge in [-0.2, -0.15) is 0 Å². The van der Waals surface area contributed by atoms with Crippen molar-refractivity contribution in [3.63, 3.8) is 0 Å². The van der Waals surface area contributed by atoms with Gasteiger partial charge in [0.25, 0.3) is 0 Å². The molecule has 0 bridgehead atoms. The number of aromatic nitrogens is 1. The summed E-state index contributed by atoms with van der Waals surface area (Å²) in [6.07, 6.45) is 2.94. The van der Waals surface area contributed by atoms with Gasteiger partial charge < -0.3 is 11.1 Å². The summed E-state index contributed by atoms with van der Waals surface area (Å²) in [5.41, 5.74) is 6.88. The molecular formula is C12H21N3. The Kier molecular flexibility index (Phi) is 4.56. The number of nitrogens with zero attached hydrogens (tertiary/aromatic N) is 1. The fourth-order valence-corrected chi connectivity index (χ4v) is 1.55. The Hall–Kier alpha value is -1.09. The topological polar surface area (TPSA) is 50.9 Å². The molecule has 1 aromatic heterocycles. The van der Waals surface area contributed by atoms with Gasteiger partial charge in [-0.25, -0.2) is 4.98 Å². The Morgan fingerprint density at radius 2 is 2.13 bits per heavy atom. The molecule has 84 valence electrons. The highest BCUT2D eigenvalue weighted by Gasteiger charge is 2.08. The lowest BCUT2D eigenvalue weighted by atomic mass is 10.0. The van der Waals surface area contributed by atoms with E-state index < -0.39 is 0 Å². The van der Waals surface area contributed by atoms with Crippen LogP contribution in [0.25, 0.3) is 0 Å². The highest BCUT2D eigenvalue weighted by Crippen LogP contribution is 2.10. The van der Waals surface area contributed by atoms with Gasteiger partial charge in [0.2, 0.25) is 0 Å². The standard InChI is InChI=1S/C12H21N3/c1-9(2)6-11(7-13)15-12-5-4-10(3)8-14-12/h4-5,8-9,11H,6-7,13H2,1-3H3,(H,14,15). The highest BCUT2D eigenvalue weighted by atomic mass is 15.0. The molecule has 3 N–H and O–H groups in total. The van der Waals surface area contributed by atoms with E-state index in [0.29, 0.717) is 18.5 Å². The van der Waals surface area contributed by atoms with Crippen molar-refractivity contribution in [2.24, 2.45) is 11.7 Å². The number of hydrogen-bond acceptors (Lipinski definition) is 3. The van der Waals surface area contributed by atoms with E-state index >= 15 is 0 Å². The van der Waals surface area contributed by atoms with Crippen LogP contribution in [0.1, 0.15) is 25.8 Å². The minimum Gasteiger partial charge on any atom is -0.366 e. The molecule has 0 saturated heterocycles. The molecule has 0 aliphatic heterocycles. The molecule has 0 aromatic carbocycles. The SMILES string of the molecule is Cc1ccc(NC(CN)CC(C)C)nc1. The van der Waals surface area contributed by atoms with Crippen molar-refractivity contribution in [3.05, 3.63) is 23.9 Å². The Balaban J connectivity index is 2.54. The number of anilines is 1. The summed E-state index contributed by atoms with van der Waals surface area (Å²) in [4.78, 5) is 4.31. The van der Waals surface area contributed by atoms with E-state index in [0.717, 1.165) is 12.2 Å². The minimum atomic E-state index is 0.320. The first-order valence-electron chi connectivity index (χ1n) is 5.51. The summed E-state index contributed by atoms with van der Waals surface area (Å²) < 4.78 is 0. The number of hydrogen-bond donors (Lipinski definition) is 2. The van der Waals surface area contributed by atoms with Crippen LogP contribution < -0.4 is 11.1 Å². The fraction of sp³-hybridized carbons (Fsp3) is 0.583. The molecule has 15 heavy (non-hydrogen) atoms. The van der Waals surface area contributed by atoms with E-state index in [1.807, 2.05) is 19.2 Å². The lowest BCUT2D eigenvalue weighted by Gasteiger charge is -2.19. The van der Waals surface area contributed by atoms with Crippen molar-refractivity contribution >= 4 is 5.82 Å². The molecular weight excluding hydrogens is 186 g/mol. The van der Waals surface area contributed by atoms with Gasteiger partial charge in [-0.3, -0.25) is 0 Å². The third kappa shape index (κ3) is 4.30. The Labute approximate surface area is 92.1 Å². The normalized spacial score (nSPS) is 12.9. The molecule has 0 fully saturated rings. The molecule has 1 heterocycles. The van der Waals surface area contributed by atoms with Gasteiger partial charge in [0.1, 0.15) is 5.82 Å². The number of pyridine rings is 1. The van der Waals surface area contributed by atoms with Gasteiger partial charge >= 0.3 is 0 Å². The summed E-state index contributed by atoms with van der Waals surface area (Å²) >= 11 is 0. The average Bonchev–Trinajstić information content (AvgIpc) is 2.19. The molecule has 1 unspecified atom stereocenters. The lowest BCUT2D eigenvalue weighted by Crippen LogP contribution is -2.30. The van der Waals surface area contributed by atoms with Crippen LogP contribution in [0.4, 0.5) is 5.82 Å². The van der Waals surface area contributed by atoms with E-state index in [1.54, 1.807) is 0 Å². The largest absolute Gasteiger partial charge is 0.366 e. The van der Waals surface area contributed by atoms with E-state index in [-0.39, 0.29) is 0 Å². The smallest absolute Gasteiger partial charge is 0.126 e. The molecule has 0 aliphatic carbocycles. The molecule has 3 nitrogen and oxygen atoms in total. The van der Waals surface area contributed by atoms with Crippen LogP contribution in [0.15, 0.2) is 18.3 Å². The molecule has 1 atom stereocenters. The molecule has 1 aromatic rings. The van der Waals surface area contributed by atoms with Gasteiger partial charge in [-0.05, 0) is 30.9 Å². The number of nitrogens with one attached hydrogen (secondary N) is 1. The van der Waals surface area contributed by atoms with Gasteiger partial charge in [0, 0.05) is 18.8 Å². The third-order valence-electron chi connectivity index (χ3n) is 2.30. The van der Waals surface area contributed by atoms with Crippen LogP contribution in [0.3, 0.4) is 0 Å². The van der Waals surface area contributed by atoms with Crippen LogP contribution in [-0.2, 0) is 0 Å². The van der Waals surface area contributed by atoms with Crippen LogP contribution in [0, 0.1) is 12.8 Å². The number of nitrogens with two attached hydrogens (primary N) is 1. The average molecular weight is 207 g/mol. The first-order valence-corrected chi connectivity index (χ1v) is 5.51. The fourth-order valence-electron chi connectivity index (χ4n) is 1.55. The molecule has 0 spiro atoms. The van der Waals surface area contributed by atoms with Crippen LogP contribution in [0.5, 0.6) is 0 Å². The maximum absolute atomic E-state index is 5.71. The molecule has 0 amide bonds. The second kappa shape index (κ2) is 5.71. The first-order chi connectivity index (χ1) is 7.11. The zero-order chi connectivity index (χ0) is 11.3. The van der Waals surface area contributed by atoms with Gasteiger partial charge in [0.15, 0.2) is 0 Å². The van der Waals surface area contributed by atoms with Crippen molar-refractivity contribution in [1.82, 2.24) is 4.98 Å².